The van der Waals surface area contributed by atoms with E-state index in [0.29, 0.717) is 12.3 Å². The highest BCUT2D eigenvalue weighted by molar-refractivity contribution is 5.85. The minimum absolute atomic E-state index is 0.0625. The number of rotatable bonds is 5. The van der Waals surface area contributed by atoms with Gasteiger partial charge in [0.05, 0.1) is 0 Å². The van der Waals surface area contributed by atoms with Crippen LogP contribution >= 0.6 is 0 Å². The van der Waals surface area contributed by atoms with Gasteiger partial charge in [0.15, 0.2) is 0 Å². The third-order valence-electron chi connectivity index (χ3n) is 2.36. The first-order valence-corrected chi connectivity index (χ1v) is 4.48. The molecule has 0 amide bonds. The van der Waals surface area contributed by atoms with Crippen molar-refractivity contribution in [3.8, 4) is 0 Å². The van der Waals surface area contributed by atoms with E-state index in [0.717, 1.165) is 6.42 Å². The first kappa shape index (κ1) is 11.3. The second-order valence-corrected chi connectivity index (χ2v) is 3.51. The normalized spacial score (nSPS) is 15.3. The maximum atomic E-state index is 11.1. The Morgan fingerprint density at radius 3 is 2.00 bits per heavy atom. The van der Waals surface area contributed by atoms with Crippen LogP contribution in [-0.2, 0) is 9.59 Å². The Morgan fingerprint density at radius 2 is 1.75 bits per heavy atom. The lowest BCUT2D eigenvalue weighted by Gasteiger charge is -2.18. The van der Waals surface area contributed by atoms with Gasteiger partial charge in [0.1, 0.15) is 11.6 Å². The average Bonchev–Trinajstić information content (AvgIpc) is 1.98. The monoisotopic (exact) mass is 170 g/mol. The van der Waals surface area contributed by atoms with Crippen LogP contribution in [0.2, 0.25) is 0 Å². The first-order chi connectivity index (χ1) is 5.49. The molecular formula is C10H18O2. The van der Waals surface area contributed by atoms with E-state index >= 15 is 0 Å². The average molecular weight is 170 g/mol. The van der Waals surface area contributed by atoms with E-state index in [-0.39, 0.29) is 17.5 Å². The zero-order valence-corrected chi connectivity index (χ0v) is 8.39. The molecule has 70 valence electrons. The van der Waals surface area contributed by atoms with Gasteiger partial charge >= 0.3 is 0 Å². The topological polar surface area (TPSA) is 34.1 Å². The van der Waals surface area contributed by atoms with Gasteiger partial charge in [-0.1, -0.05) is 20.3 Å². The van der Waals surface area contributed by atoms with Crippen LogP contribution in [0.5, 0.6) is 0 Å². The van der Waals surface area contributed by atoms with Crippen molar-refractivity contribution in [3.05, 3.63) is 0 Å². The lowest BCUT2D eigenvalue weighted by atomic mass is 9.85. The quantitative estimate of drug-likeness (QED) is 0.634. The Morgan fingerprint density at radius 1 is 1.25 bits per heavy atom. The molecule has 0 aromatic heterocycles. The molecule has 0 bridgehead atoms. The van der Waals surface area contributed by atoms with Gasteiger partial charge in [-0.25, -0.2) is 0 Å². The minimum atomic E-state index is -0.0625. The van der Waals surface area contributed by atoms with E-state index in [1.54, 1.807) is 13.8 Å². The van der Waals surface area contributed by atoms with Crippen LogP contribution in [0.3, 0.4) is 0 Å². The summed E-state index contributed by atoms with van der Waals surface area (Å²) in [6.45, 7) is 7.17. The van der Waals surface area contributed by atoms with Crippen LogP contribution in [0.1, 0.15) is 40.5 Å². The van der Waals surface area contributed by atoms with E-state index in [2.05, 4.69) is 0 Å². The van der Waals surface area contributed by atoms with Gasteiger partial charge in [-0.3, -0.25) is 4.79 Å². The second-order valence-electron chi connectivity index (χ2n) is 3.51. The summed E-state index contributed by atoms with van der Waals surface area (Å²) in [4.78, 5) is 22.0. The lowest BCUT2D eigenvalue weighted by molar-refractivity contribution is -0.127. The van der Waals surface area contributed by atoms with Gasteiger partial charge in [-0.15, -0.1) is 0 Å². The van der Waals surface area contributed by atoms with Gasteiger partial charge in [0.2, 0.25) is 0 Å². The molecule has 0 saturated carbocycles. The molecule has 0 spiro atoms. The number of hydrogen-bond donors (Lipinski definition) is 0. The predicted molar refractivity (Wildman–Crippen MR) is 48.9 cm³/mol. The van der Waals surface area contributed by atoms with Gasteiger partial charge in [0.25, 0.3) is 0 Å². The maximum Gasteiger partial charge on any atom is 0.133 e. The molecule has 0 aliphatic rings. The Bertz CT molecular complexity index is 173. The summed E-state index contributed by atoms with van der Waals surface area (Å²) >= 11 is 0. The van der Waals surface area contributed by atoms with Gasteiger partial charge < -0.3 is 4.79 Å². The molecule has 12 heavy (non-hydrogen) atoms. The highest BCUT2D eigenvalue weighted by Gasteiger charge is 2.21. The minimum Gasteiger partial charge on any atom is -0.300 e. The summed E-state index contributed by atoms with van der Waals surface area (Å²) in [5, 5.41) is 0. The number of ketones is 2. The standard InChI is InChI=1S/C10H18O2/c1-5-7(2)10(9(4)12)6-8(3)11/h7,10H,5-6H2,1-4H3. The summed E-state index contributed by atoms with van der Waals surface area (Å²) in [5.74, 6) is 0.508. The van der Waals surface area contributed by atoms with E-state index < -0.39 is 0 Å². The number of carbonyl (C=O) groups excluding carboxylic acids is 2. The third-order valence-corrected chi connectivity index (χ3v) is 2.36. The Labute approximate surface area is 74.3 Å². The van der Waals surface area contributed by atoms with E-state index in [4.69, 9.17) is 0 Å². The molecule has 0 heterocycles. The Kier molecular flexibility index (Phi) is 4.79. The molecule has 0 aliphatic carbocycles. The van der Waals surface area contributed by atoms with Gasteiger partial charge in [-0.05, 0) is 19.8 Å². The van der Waals surface area contributed by atoms with Crippen molar-refractivity contribution in [3.63, 3.8) is 0 Å². The third kappa shape index (κ3) is 3.65. The number of carbonyl (C=O) groups is 2. The molecule has 0 aromatic carbocycles. The van der Waals surface area contributed by atoms with E-state index in [9.17, 15) is 9.59 Å². The van der Waals surface area contributed by atoms with Crippen LogP contribution in [0, 0.1) is 11.8 Å². The van der Waals surface area contributed by atoms with Crippen LogP contribution < -0.4 is 0 Å². The molecule has 0 aromatic rings. The number of Topliss-reactive ketones (excluding diaryl/α,β-unsaturated/α-hetero) is 2. The molecule has 0 radical (unpaired) electrons. The summed E-state index contributed by atoms with van der Waals surface area (Å²) in [6.07, 6.45) is 1.36. The zero-order valence-electron chi connectivity index (χ0n) is 8.39. The smallest absolute Gasteiger partial charge is 0.133 e. The zero-order chi connectivity index (χ0) is 9.72. The molecule has 2 atom stereocenters. The summed E-state index contributed by atoms with van der Waals surface area (Å²) < 4.78 is 0. The van der Waals surface area contributed by atoms with Crippen LogP contribution in [0.25, 0.3) is 0 Å². The van der Waals surface area contributed by atoms with Crippen molar-refractivity contribution in [2.24, 2.45) is 11.8 Å². The van der Waals surface area contributed by atoms with Crippen molar-refractivity contribution < 1.29 is 9.59 Å². The van der Waals surface area contributed by atoms with Gasteiger partial charge in [0, 0.05) is 12.3 Å². The highest BCUT2D eigenvalue weighted by Crippen LogP contribution is 2.19. The maximum absolute atomic E-state index is 11.1. The highest BCUT2D eigenvalue weighted by atomic mass is 16.1. The van der Waals surface area contributed by atoms with Gasteiger partial charge in [-0.2, -0.15) is 0 Å². The lowest BCUT2D eigenvalue weighted by Crippen LogP contribution is -2.21. The molecule has 0 aliphatic heterocycles. The molecule has 0 saturated heterocycles. The molecule has 2 unspecified atom stereocenters. The Hall–Kier alpha value is -0.660. The largest absolute Gasteiger partial charge is 0.300 e. The molecule has 2 nitrogen and oxygen atoms in total. The van der Waals surface area contributed by atoms with Crippen LogP contribution in [0.15, 0.2) is 0 Å². The summed E-state index contributed by atoms with van der Waals surface area (Å²) in [6, 6.07) is 0. The molecular weight excluding hydrogens is 152 g/mol. The van der Waals surface area contributed by atoms with Crippen molar-refractivity contribution in [2.45, 2.75) is 40.5 Å². The first-order valence-electron chi connectivity index (χ1n) is 4.48. The second kappa shape index (κ2) is 5.07. The fraction of sp³-hybridized carbons (Fsp3) is 0.800. The van der Waals surface area contributed by atoms with E-state index in [1.807, 2.05) is 13.8 Å². The van der Waals surface area contributed by atoms with E-state index in [1.165, 1.54) is 0 Å². The molecule has 2 heteroatoms. The molecule has 0 fully saturated rings. The van der Waals surface area contributed by atoms with Crippen molar-refractivity contribution in [2.75, 3.05) is 0 Å². The summed E-state index contributed by atoms with van der Waals surface area (Å²) in [7, 11) is 0. The SMILES string of the molecule is CCC(C)C(CC(C)=O)C(C)=O. The number of hydrogen-bond acceptors (Lipinski definition) is 2. The molecule has 0 N–H and O–H groups in total. The van der Waals surface area contributed by atoms with Crippen molar-refractivity contribution >= 4 is 11.6 Å². The van der Waals surface area contributed by atoms with Crippen molar-refractivity contribution in [1.82, 2.24) is 0 Å². The Balaban J connectivity index is 4.22. The van der Waals surface area contributed by atoms with Crippen molar-refractivity contribution in [1.29, 1.82) is 0 Å². The fourth-order valence-corrected chi connectivity index (χ4v) is 1.34. The summed E-state index contributed by atoms with van der Waals surface area (Å²) in [5.41, 5.74) is 0. The molecule has 0 rings (SSSR count). The predicted octanol–water partition coefficient (Wildman–Crippen LogP) is 2.22. The van der Waals surface area contributed by atoms with Crippen LogP contribution in [-0.4, -0.2) is 11.6 Å². The fourth-order valence-electron chi connectivity index (χ4n) is 1.34. The van der Waals surface area contributed by atoms with Crippen LogP contribution in [0.4, 0.5) is 0 Å².